The Bertz CT molecular complexity index is 1190. The Kier molecular flexibility index (Phi) is 4.57. The molecule has 8 heteroatoms. The number of fused-ring (bicyclic) bond motifs is 1. The van der Waals surface area contributed by atoms with Crippen LogP contribution < -0.4 is 14.4 Å². The Hall–Kier alpha value is -3.55. The minimum absolute atomic E-state index is 0.318. The average molecular weight is 417 g/mol. The lowest BCUT2D eigenvalue weighted by atomic mass is 9.96. The first kappa shape index (κ1) is 19.4. The molecule has 0 spiro atoms. The maximum atomic E-state index is 5.46. The zero-order chi connectivity index (χ0) is 21.6. The van der Waals surface area contributed by atoms with E-state index in [2.05, 4.69) is 46.1 Å². The summed E-state index contributed by atoms with van der Waals surface area (Å²) in [6, 6.07) is 11.2. The van der Waals surface area contributed by atoms with Crippen LogP contribution in [0.25, 0.3) is 16.7 Å². The number of nitrogens with one attached hydrogen (secondary N) is 1. The number of hydrogen-bond acceptors (Lipinski definition) is 6. The molecule has 1 aliphatic heterocycles. The number of aromatic nitrogens is 5. The summed E-state index contributed by atoms with van der Waals surface area (Å²) in [4.78, 5) is 12.5. The van der Waals surface area contributed by atoms with Crippen LogP contribution in [-0.4, -0.2) is 45.7 Å². The molecular weight excluding hydrogens is 392 g/mol. The first-order valence-corrected chi connectivity index (χ1v) is 10.3. The van der Waals surface area contributed by atoms with Crippen molar-refractivity contribution in [1.82, 2.24) is 25.0 Å². The summed E-state index contributed by atoms with van der Waals surface area (Å²) in [6.45, 7) is 5.26. The molecule has 1 fully saturated rings. The number of ether oxygens (including phenoxy) is 2. The largest absolute Gasteiger partial charge is 0.493 e. The van der Waals surface area contributed by atoms with Gasteiger partial charge in [-0.1, -0.05) is 12.1 Å². The van der Waals surface area contributed by atoms with E-state index in [1.165, 1.54) is 0 Å². The predicted molar refractivity (Wildman–Crippen MR) is 118 cm³/mol. The zero-order valence-corrected chi connectivity index (χ0v) is 18.1. The highest BCUT2D eigenvalue weighted by Crippen LogP contribution is 2.44. The van der Waals surface area contributed by atoms with E-state index < -0.39 is 0 Å². The fraction of sp³-hybridized carbons (Fsp3) is 0.348. The Morgan fingerprint density at radius 2 is 1.87 bits per heavy atom. The van der Waals surface area contributed by atoms with Crippen molar-refractivity contribution in [3.05, 3.63) is 54.1 Å². The van der Waals surface area contributed by atoms with Crippen LogP contribution in [-0.2, 0) is 5.54 Å². The molecular formula is C23H25N6O2. The van der Waals surface area contributed by atoms with Crippen molar-refractivity contribution in [2.75, 3.05) is 25.7 Å². The smallest absolute Gasteiger partial charge is 0.163 e. The molecule has 5 rings (SSSR count). The monoisotopic (exact) mass is 417 g/mol. The van der Waals surface area contributed by atoms with Gasteiger partial charge in [-0.2, -0.15) is 10.2 Å². The topological polar surface area (TPSA) is 81.1 Å². The maximum Gasteiger partial charge on any atom is 0.163 e. The fourth-order valence-corrected chi connectivity index (χ4v) is 4.56. The Morgan fingerprint density at radius 1 is 1.13 bits per heavy atom. The number of H-pyrrole nitrogens is 1. The second-order valence-electron chi connectivity index (χ2n) is 8.02. The second-order valence-corrected chi connectivity index (χ2v) is 8.02. The molecule has 1 N–H and O–H groups in total. The Balaban J connectivity index is 1.64. The van der Waals surface area contributed by atoms with Gasteiger partial charge in [-0.3, -0.25) is 0 Å². The van der Waals surface area contributed by atoms with Gasteiger partial charge in [-0.15, -0.1) is 4.80 Å². The summed E-state index contributed by atoms with van der Waals surface area (Å²) in [6.07, 6.45) is 5.40. The number of imidazole rings is 1. The average Bonchev–Trinajstić information content (AvgIpc) is 3.52. The molecule has 3 heterocycles. The summed E-state index contributed by atoms with van der Waals surface area (Å²) >= 11 is 0. The van der Waals surface area contributed by atoms with Crippen LogP contribution in [0.15, 0.2) is 36.7 Å². The molecule has 0 unspecified atom stereocenters. The molecule has 1 atom stereocenters. The number of anilines is 1. The van der Waals surface area contributed by atoms with Crippen molar-refractivity contribution in [3.63, 3.8) is 0 Å². The SMILES string of the molecule is COc1cc2nc([C@]3(C)CCCN3c3c(-n4nccn4)[c]ccc3C)[nH]c2cc1OC. The van der Waals surface area contributed by atoms with E-state index in [1.807, 2.05) is 18.2 Å². The number of aryl methyl sites for hydroxylation is 1. The van der Waals surface area contributed by atoms with Crippen LogP contribution in [0.2, 0.25) is 0 Å². The first-order valence-electron chi connectivity index (χ1n) is 10.3. The highest BCUT2D eigenvalue weighted by atomic mass is 16.5. The molecule has 0 aliphatic carbocycles. The van der Waals surface area contributed by atoms with Gasteiger partial charge in [-0.05, 0) is 32.3 Å². The minimum atomic E-state index is -0.318. The Labute approximate surface area is 180 Å². The van der Waals surface area contributed by atoms with E-state index in [9.17, 15) is 0 Å². The molecule has 31 heavy (non-hydrogen) atoms. The molecule has 159 valence electrons. The molecule has 0 saturated carbocycles. The third-order valence-electron chi connectivity index (χ3n) is 6.18. The number of methoxy groups -OCH3 is 2. The summed E-state index contributed by atoms with van der Waals surface area (Å²) in [5.41, 5.74) is 4.53. The maximum absolute atomic E-state index is 5.46. The van der Waals surface area contributed by atoms with E-state index in [-0.39, 0.29) is 5.54 Å². The van der Waals surface area contributed by atoms with Crippen molar-refractivity contribution in [1.29, 1.82) is 0 Å². The van der Waals surface area contributed by atoms with Crippen LogP contribution in [0.1, 0.15) is 31.2 Å². The highest BCUT2D eigenvalue weighted by molar-refractivity contribution is 5.80. The molecule has 2 aromatic heterocycles. The summed E-state index contributed by atoms with van der Waals surface area (Å²) < 4.78 is 10.9. The third kappa shape index (κ3) is 3.01. The van der Waals surface area contributed by atoms with Crippen molar-refractivity contribution in [2.45, 2.75) is 32.2 Å². The van der Waals surface area contributed by atoms with Crippen LogP contribution in [0.5, 0.6) is 11.5 Å². The van der Waals surface area contributed by atoms with Crippen molar-refractivity contribution < 1.29 is 9.47 Å². The minimum Gasteiger partial charge on any atom is -0.493 e. The van der Waals surface area contributed by atoms with Crippen molar-refractivity contribution in [3.8, 4) is 17.2 Å². The van der Waals surface area contributed by atoms with Gasteiger partial charge in [0.2, 0.25) is 0 Å². The van der Waals surface area contributed by atoms with E-state index in [1.54, 1.807) is 31.4 Å². The van der Waals surface area contributed by atoms with Gasteiger partial charge in [0.15, 0.2) is 11.5 Å². The second kappa shape index (κ2) is 7.30. The van der Waals surface area contributed by atoms with Crippen molar-refractivity contribution in [2.24, 2.45) is 0 Å². The van der Waals surface area contributed by atoms with Gasteiger partial charge in [0.25, 0.3) is 0 Å². The highest BCUT2D eigenvalue weighted by Gasteiger charge is 2.42. The molecule has 0 bridgehead atoms. The van der Waals surface area contributed by atoms with Crippen LogP contribution in [0.3, 0.4) is 0 Å². The van der Waals surface area contributed by atoms with Gasteiger partial charge in [0.1, 0.15) is 11.5 Å². The van der Waals surface area contributed by atoms with Crippen molar-refractivity contribution >= 4 is 16.7 Å². The molecule has 0 amide bonds. The van der Waals surface area contributed by atoms with E-state index in [0.29, 0.717) is 11.5 Å². The summed E-state index contributed by atoms with van der Waals surface area (Å²) in [7, 11) is 3.28. The number of hydrogen-bond donors (Lipinski definition) is 1. The molecule has 4 aromatic rings. The lowest BCUT2D eigenvalue weighted by molar-refractivity contribution is 0.356. The van der Waals surface area contributed by atoms with Crippen LogP contribution >= 0.6 is 0 Å². The lowest BCUT2D eigenvalue weighted by Gasteiger charge is -2.37. The molecule has 2 aromatic carbocycles. The molecule has 1 radical (unpaired) electrons. The fourth-order valence-electron chi connectivity index (χ4n) is 4.56. The summed E-state index contributed by atoms with van der Waals surface area (Å²) in [5, 5.41) is 8.70. The van der Waals surface area contributed by atoms with Gasteiger partial charge in [-0.25, -0.2) is 4.98 Å². The zero-order valence-electron chi connectivity index (χ0n) is 18.1. The molecule has 1 aliphatic rings. The standard InChI is InChI=1S/C23H25N6O2/c1-15-7-5-8-18(29-24-10-11-25-29)21(15)28-12-6-9-23(28,2)22-26-16-13-19(30-3)20(31-4)14-17(16)27-22/h5,7,10-11,13-14H,6,9,12H2,1-4H3,(H,26,27)/t23-/m0/s1. The normalized spacial score (nSPS) is 18.6. The van der Waals surface area contributed by atoms with Crippen LogP contribution in [0, 0.1) is 13.0 Å². The van der Waals surface area contributed by atoms with E-state index >= 15 is 0 Å². The van der Waals surface area contributed by atoms with Gasteiger partial charge >= 0.3 is 0 Å². The predicted octanol–water partition coefficient (Wildman–Crippen LogP) is 3.79. The Morgan fingerprint density at radius 3 is 2.61 bits per heavy atom. The first-order chi connectivity index (χ1) is 15.0. The van der Waals surface area contributed by atoms with E-state index in [0.717, 1.165) is 53.2 Å². The third-order valence-corrected chi connectivity index (χ3v) is 6.18. The molecule has 8 nitrogen and oxygen atoms in total. The van der Waals surface area contributed by atoms with Gasteiger partial charge < -0.3 is 19.4 Å². The van der Waals surface area contributed by atoms with E-state index in [4.69, 9.17) is 14.5 Å². The lowest BCUT2D eigenvalue weighted by Crippen LogP contribution is -2.40. The number of aromatic amines is 1. The number of rotatable bonds is 5. The number of nitrogens with zero attached hydrogens (tertiary/aromatic N) is 5. The molecule has 1 saturated heterocycles. The van der Waals surface area contributed by atoms with Crippen LogP contribution in [0.4, 0.5) is 5.69 Å². The summed E-state index contributed by atoms with van der Waals surface area (Å²) in [5.74, 6) is 2.26. The van der Waals surface area contributed by atoms with Gasteiger partial charge in [0, 0.05) is 24.7 Å². The number of benzene rings is 2. The van der Waals surface area contributed by atoms with Gasteiger partial charge in [0.05, 0.1) is 48.9 Å². The quantitative estimate of drug-likeness (QED) is 0.532.